The first kappa shape index (κ1) is 10.8. The molecule has 0 bridgehead atoms. The highest BCUT2D eigenvalue weighted by molar-refractivity contribution is 5.75. The lowest BCUT2D eigenvalue weighted by Gasteiger charge is -2.16. The molecule has 0 fully saturated rings. The Labute approximate surface area is 85.6 Å². The Morgan fingerprint density at radius 2 is 2.00 bits per heavy atom. The van der Waals surface area contributed by atoms with Crippen molar-refractivity contribution in [3.05, 3.63) is 36.1 Å². The molecule has 0 aromatic heterocycles. The van der Waals surface area contributed by atoms with Crippen LogP contribution in [-0.4, -0.2) is 17.9 Å². The third kappa shape index (κ3) is 2.59. The van der Waals surface area contributed by atoms with Crippen molar-refractivity contribution in [3.63, 3.8) is 0 Å². The summed E-state index contributed by atoms with van der Waals surface area (Å²) in [7, 11) is 1.78. The SMILES string of the molecule is CC(=O)N(C)C1=CC=CC(C)(C)C=C1. The molecule has 0 aliphatic heterocycles. The second-order valence-electron chi connectivity index (χ2n) is 4.18. The summed E-state index contributed by atoms with van der Waals surface area (Å²) in [4.78, 5) is 12.8. The normalized spacial score (nSPS) is 18.7. The lowest BCUT2D eigenvalue weighted by Crippen LogP contribution is -2.21. The van der Waals surface area contributed by atoms with Crippen LogP contribution in [0.5, 0.6) is 0 Å². The molecule has 2 heteroatoms. The Bertz CT molecular complexity index is 321. The Balaban J connectivity index is 2.90. The maximum absolute atomic E-state index is 11.1. The van der Waals surface area contributed by atoms with Crippen molar-refractivity contribution in [1.82, 2.24) is 4.90 Å². The summed E-state index contributed by atoms with van der Waals surface area (Å²) in [5.41, 5.74) is 0.995. The van der Waals surface area contributed by atoms with Gasteiger partial charge in [0.1, 0.15) is 0 Å². The number of carbonyl (C=O) groups is 1. The van der Waals surface area contributed by atoms with Crippen LogP contribution < -0.4 is 0 Å². The number of allylic oxidation sites excluding steroid dienone is 5. The second kappa shape index (κ2) is 3.82. The summed E-state index contributed by atoms with van der Waals surface area (Å²) < 4.78 is 0. The van der Waals surface area contributed by atoms with Gasteiger partial charge in [-0.2, -0.15) is 0 Å². The smallest absolute Gasteiger partial charge is 0.223 e. The fraction of sp³-hybridized carbons (Fsp3) is 0.417. The number of likely N-dealkylation sites (N-methyl/N-ethyl adjacent to an activating group) is 1. The quantitative estimate of drug-likeness (QED) is 0.623. The van der Waals surface area contributed by atoms with Gasteiger partial charge in [-0.25, -0.2) is 0 Å². The van der Waals surface area contributed by atoms with E-state index in [1.165, 1.54) is 0 Å². The van der Waals surface area contributed by atoms with Gasteiger partial charge in [0.2, 0.25) is 5.91 Å². The lowest BCUT2D eigenvalue weighted by molar-refractivity contribution is -0.125. The van der Waals surface area contributed by atoms with Crippen LogP contribution in [0.2, 0.25) is 0 Å². The van der Waals surface area contributed by atoms with Crippen LogP contribution in [0.1, 0.15) is 20.8 Å². The third-order valence-electron chi connectivity index (χ3n) is 2.34. The Morgan fingerprint density at radius 3 is 2.57 bits per heavy atom. The van der Waals surface area contributed by atoms with Crippen LogP contribution in [0.3, 0.4) is 0 Å². The molecule has 0 heterocycles. The highest BCUT2D eigenvalue weighted by Gasteiger charge is 2.12. The van der Waals surface area contributed by atoms with Gasteiger partial charge in [0.05, 0.1) is 0 Å². The molecule has 0 saturated carbocycles. The molecule has 1 aliphatic carbocycles. The molecular formula is C12H17NO. The average molecular weight is 191 g/mol. The van der Waals surface area contributed by atoms with E-state index in [1.807, 2.05) is 18.2 Å². The molecule has 0 N–H and O–H groups in total. The van der Waals surface area contributed by atoms with E-state index in [0.29, 0.717) is 0 Å². The molecule has 1 aliphatic rings. The van der Waals surface area contributed by atoms with E-state index in [9.17, 15) is 4.79 Å². The zero-order chi connectivity index (χ0) is 10.8. The maximum atomic E-state index is 11.1. The Morgan fingerprint density at radius 1 is 1.36 bits per heavy atom. The van der Waals surface area contributed by atoms with E-state index in [2.05, 4.69) is 26.0 Å². The Hall–Kier alpha value is -1.31. The lowest BCUT2D eigenvalue weighted by atomic mass is 9.93. The summed E-state index contributed by atoms with van der Waals surface area (Å²) >= 11 is 0. The molecule has 0 aromatic rings. The summed E-state index contributed by atoms with van der Waals surface area (Å²) in [6.07, 6.45) is 10.1. The van der Waals surface area contributed by atoms with E-state index >= 15 is 0 Å². The second-order valence-corrected chi connectivity index (χ2v) is 4.18. The topological polar surface area (TPSA) is 20.3 Å². The highest BCUT2D eigenvalue weighted by Crippen LogP contribution is 2.23. The maximum Gasteiger partial charge on any atom is 0.223 e. The number of rotatable bonds is 1. The van der Waals surface area contributed by atoms with Crippen LogP contribution in [0.4, 0.5) is 0 Å². The molecule has 0 atom stereocenters. The third-order valence-corrected chi connectivity index (χ3v) is 2.34. The fourth-order valence-electron chi connectivity index (χ4n) is 1.21. The number of hydrogen-bond donors (Lipinski definition) is 0. The standard InChI is InChI=1S/C12H17NO/c1-10(14)13(4)11-6-5-8-12(2,3)9-7-11/h5-9H,1-4H3. The fourth-order valence-corrected chi connectivity index (χ4v) is 1.21. The van der Waals surface area contributed by atoms with Crippen molar-refractivity contribution in [2.24, 2.45) is 5.41 Å². The molecule has 14 heavy (non-hydrogen) atoms. The monoisotopic (exact) mass is 191 g/mol. The molecule has 76 valence electrons. The van der Waals surface area contributed by atoms with Crippen LogP contribution in [-0.2, 0) is 4.79 Å². The zero-order valence-corrected chi connectivity index (χ0v) is 9.24. The number of nitrogens with zero attached hydrogens (tertiary/aromatic N) is 1. The van der Waals surface area contributed by atoms with Crippen molar-refractivity contribution >= 4 is 5.91 Å². The Kier molecular flexibility index (Phi) is 2.94. The van der Waals surface area contributed by atoms with Gasteiger partial charge in [-0.05, 0) is 12.2 Å². The average Bonchev–Trinajstić information content (AvgIpc) is 2.25. The van der Waals surface area contributed by atoms with Crippen molar-refractivity contribution in [2.75, 3.05) is 7.05 Å². The largest absolute Gasteiger partial charge is 0.316 e. The van der Waals surface area contributed by atoms with Crippen LogP contribution in [0.25, 0.3) is 0 Å². The highest BCUT2D eigenvalue weighted by atomic mass is 16.2. The van der Waals surface area contributed by atoms with Gasteiger partial charge in [0.25, 0.3) is 0 Å². The minimum atomic E-state index is 0.0500. The van der Waals surface area contributed by atoms with Gasteiger partial charge in [-0.1, -0.05) is 32.1 Å². The first-order valence-electron chi connectivity index (χ1n) is 4.75. The van der Waals surface area contributed by atoms with E-state index in [1.54, 1.807) is 18.9 Å². The molecule has 1 rings (SSSR count). The van der Waals surface area contributed by atoms with Crippen molar-refractivity contribution in [2.45, 2.75) is 20.8 Å². The molecule has 0 unspecified atom stereocenters. The van der Waals surface area contributed by atoms with Gasteiger partial charge in [0.15, 0.2) is 0 Å². The molecule has 0 aromatic carbocycles. The number of hydrogen-bond acceptors (Lipinski definition) is 1. The molecule has 0 spiro atoms. The van der Waals surface area contributed by atoms with Crippen molar-refractivity contribution < 1.29 is 4.79 Å². The van der Waals surface area contributed by atoms with E-state index in [0.717, 1.165) is 5.70 Å². The van der Waals surface area contributed by atoms with Gasteiger partial charge in [-0.15, -0.1) is 0 Å². The molecule has 1 amide bonds. The van der Waals surface area contributed by atoms with E-state index in [-0.39, 0.29) is 11.3 Å². The summed E-state index contributed by atoms with van der Waals surface area (Å²) in [5.74, 6) is 0.0500. The zero-order valence-electron chi connectivity index (χ0n) is 9.24. The predicted molar refractivity (Wildman–Crippen MR) is 58.6 cm³/mol. The molecule has 0 saturated heterocycles. The summed E-state index contributed by atoms with van der Waals surface area (Å²) in [6, 6.07) is 0. The van der Waals surface area contributed by atoms with Gasteiger partial charge in [0, 0.05) is 25.1 Å². The minimum absolute atomic E-state index is 0.0500. The number of carbonyl (C=O) groups excluding carboxylic acids is 1. The first-order chi connectivity index (χ1) is 6.42. The first-order valence-corrected chi connectivity index (χ1v) is 4.75. The van der Waals surface area contributed by atoms with Crippen LogP contribution in [0.15, 0.2) is 36.1 Å². The molecule has 0 radical (unpaired) electrons. The van der Waals surface area contributed by atoms with Crippen LogP contribution >= 0.6 is 0 Å². The van der Waals surface area contributed by atoms with Gasteiger partial charge in [-0.3, -0.25) is 4.79 Å². The van der Waals surface area contributed by atoms with Gasteiger partial charge >= 0.3 is 0 Å². The number of amides is 1. The summed E-state index contributed by atoms with van der Waals surface area (Å²) in [6.45, 7) is 5.82. The van der Waals surface area contributed by atoms with Crippen molar-refractivity contribution in [3.8, 4) is 0 Å². The van der Waals surface area contributed by atoms with Gasteiger partial charge < -0.3 is 4.90 Å². The van der Waals surface area contributed by atoms with Crippen LogP contribution in [0, 0.1) is 5.41 Å². The van der Waals surface area contributed by atoms with E-state index in [4.69, 9.17) is 0 Å². The van der Waals surface area contributed by atoms with E-state index < -0.39 is 0 Å². The summed E-state index contributed by atoms with van der Waals surface area (Å²) in [5, 5.41) is 0. The predicted octanol–water partition coefficient (Wildman–Crippen LogP) is 2.50. The minimum Gasteiger partial charge on any atom is -0.316 e. The molecular weight excluding hydrogens is 174 g/mol. The van der Waals surface area contributed by atoms with Crippen molar-refractivity contribution in [1.29, 1.82) is 0 Å². The molecule has 2 nitrogen and oxygen atoms in total.